The topological polar surface area (TPSA) is 23.6 Å². The summed E-state index contributed by atoms with van der Waals surface area (Å²) in [6, 6.07) is 18.7. The molecular weight excluding hydrogens is 376 g/mol. The van der Waals surface area contributed by atoms with Crippen LogP contribution in [0.4, 0.5) is 0 Å². The standard InChI is InChI=1S/C21H23BrN2O/c1-23(15-17-7-9-20(22)10-8-17)16-21(25)24-13-11-19(12-14-24)18-5-3-2-4-6-18/h2-11H,12-16H2,1H3. The van der Waals surface area contributed by atoms with E-state index in [1.165, 1.54) is 16.7 Å². The summed E-state index contributed by atoms with van der Waals surface area (Å²) < 4.78 is 1.07. The summed E-state index contributed by atoms with van der Waals surface area (Å²) in [5, 5.41) is 0. The van der Waals surface area contributed by atoms with Gasteiger partial charge in [0.1, 0.15) is 0 Å². The van der Waals surface area contributed by atoms with Crippen LogP contribution in [0.5, 0.6) is 0 Å². The first-order valence-electron chi connectivity index (χ1n) is 8.57. The largest absolute Gasteiger partial charge is 0.338 e. The van der Waals surface area contributed by atoms with Crippen LogP contribution >= 0.6 is 15.9 Å². The van der Waals surface area contributed by atoms with E-state index >= 15 is 0 Å². The first-order valence-corrected chi connectivity index (χ1v) is 9.36. The van der Waals surface area contributed by atoms with Crippen LogP contribution in [0.2, 0.25) is 0 Å². The second-order valence-electron chi connectivity index (χ2n) is 6.48. The van der Waals surface area contributed by atoms with Crippen LogP contribution in [0.1, 0.15) is 17.5 Å². The molecule has 4 heteroatoms. The molecule has 0 spiro atoms. The summed E-state index contributed by atoms with van der Waals surface area (Å²) in [5.74, 6) is 0.197. The van der Waals surface area contributed by atoms with E-state index in [1.54, 1.807) is 0 Å². The molecule has 1 aliphatic rings. The molecule has 0 atom stereocenters. The minimum absolute atomic E-state index is 0.197. The summed E-state index contributed by atoms with van der Waals surface area (Å²) in [6.07, 6.45) is 3.11. The fraction of sp³-hybridized carbons (Fsp3) is 0.286. The summed E-state index contributed by atoms with van der Waals surface area (Å²) in [5.41, 5.74) is 3.82. The maximum atomic E-state index is 12.5. The molecule has 0 N–H and O–H groups in total. The van der Waals surface area contributed by atoms with Crippen molar-refractivity contribution in [2.45, 2.75) is 13.0 Å². The molecule has 1 aliphatic heterocycles. The SMILES string of the molecule is CN(CC(=O)N1CC=C(c2ccccc2)CC1)Cc1ccc(Br)cc1. The number of carbonyl (C=O) groups excluding carboxylic acids is 1. The third-order valence-electron chi connectivity index (χ3n) is 4.48. The first kappa shape index (κ1) is 17.9. The molecule has 0 saturated carbocycles. The second-order valence-corrected chi connectivity index (χ2v) is 7.40. The van der Waals surface area contributed by atoms with E-state index in [4.69, 9.17) is 0 Å². The van der Waals surface area contributed by atoms with Crippen LogP contribution in [0.3, 0.4) is 0 Å². The number of rotatable bonds is 5. The lowest BCUT2D eigenvalue weighted by atomic mass is 9.99. The predicted octanol–water partition coefficient (Wildman–Crippen LogP) is 4.20. The van der Waals surface area contributed by atoms with Crippen LogP contribution in [0.15, 0.2) is 65.1 Å². The summed E-state index contributed by atoms with van der Waals surface area (Å²) >= 11 is 3.45. The van der Waals surface area contributed by atoms with Gasteiger partial charge in [-0.15, -0.1) is 0 Å². The van der Waals surface area contributed by atoms with Gasteiger partial charge in [0.05, 0.1) is 6.54 Å². The fourth-order valence-corrected chi connectivity index (χ4v) is 3.36. The third-order valence-corrected chi connectivity index (χ3v) is 5.01. The van der Waals surface area contributed by atoms with Crippen molar-refractivity contribution in [1.82, 2.24) is 9.80 Å². The Balaban J connectivity index is 1.52. The molecule has 2 aromatic carbocycles. The summed E-state index contributed by atoms with van der Waals surface area (Å²) in [7, 11) is 2.00. The monoisotopic (exact) mass is 398 g/mol. The Hall–Kier alpha value is -1.91. The fourth-order valence-electron chi connectivity index (χ4n) is 3.10. The number of halogens is 1. The van der Waals surface area contributed by atoms with Crippen molar-refractivity contribution in [2.75, 3.05) is 26.7 Å². The number of hydrogen-bond donors (Lipinski definition) is 0. The highest BCUT2D eigenvalue weighted by Crippen LogP contribution is 2.22. The molecule has 0 radical (unpaired) electrons. The highest BCUT2D eigenvalue weighted by atomic mass is 79.9. The lowest BCUT2D eigenvalue weighted by molar-refractivity contribution is -0.131. The van der Waals surface area contributed by atoms with Gasteiger partial charge in [-0.05, 0) is 42.3 Å². The third kappa shape index (κ3) is 5.03. The first-order chi connectivity index (χ1) is 12.1. The molecular formula is C21H23BrN2O. The maximum Gasteiger partial charge on any atom is 0.237 e. The van der Waals surface area contributed by atoms with Crippen molar-refractivity contribution in [3.8, 4) is 0 Å². The smallest absolute Gasteiger partial charge is 0.237 e. The van der Waals surface area contributed by atoms with Gasteiger partial charge in [-0.25, -0.2) is 0 Å². The van der Waals surface area contributed by atoms with Crippen molar-refractivity contribution in [3.63, 3.8) is 0 Å². The van der Waals surface area contributed by atoms with Gasteiger partial charge in [-0.1, -0.05) is 64.5 Å². The molecule has 1 amide bonds. The Labute approximate surface area is 158 Å². The van der Waals surface area contributed by atoms with E-state index in [1.807, 2.05) is 30.1 Å². The summed E-state index contributed by atoms with van der Waals surface area (Å²) in [6.45, 7) is 2.73. The quantitative estimate of drug-likeness (QED) is 0.753. The molecule has 2 aromatic rings. The Morgan fingerprint density at radius 2 is 1.84 bits per heavy atom. The van der Waals surface area contributed by atoms with Crippen molar-refractivity contribution in [3.05, 3.63) is 76.3 Å². The average Bonchev–Trinajstić information content (AvgIpc) is 2.64. The van der Waals surface area contributed by atoms with Gasteiger partial charge in [0, 0.05) is 24.1 Å². The van der Waals surface area contributed by atoms with E-state index in [0.717, 1.165) is 24.0 Å². The highest BCUT2D eigenvalue weighted by Gasteiger charge is 2.19. The molecule has 0 unspecified atom stereocenters. The van der Waals surface area contributed by atoms with Crippen LogP contribution < -0.4 is 0 Å². The van der Waals surface area contributed by atoms with Crippen LogP contribution in [-0.4, -0.2) is 42.4 Å². The Morgan fingerprint density at radius 3 is 2.48 bits per heavy atom. The highest BCUT2D eigenvalue weighted by molar-refractivity contribution is 9.10. The van der Waals surface area contributed by atoms with Crippen molar-refractivity contribution in [2.24, 2.45) is 0 Å². The van der Waals surface area contributed by atoms with Crippen molar-refractivity contribution < 1.29 is 4.79 Å². The molecule has 0 bridgehead atoms. The van der Waals surface area contributed by atoms with Gasteiger partial charge in [-0.2, -0.15) is 0 Å². The Kier molecular flexibility index (Phi) is 6.05. The van der Waals surface area contributed by atoms with Gasteiger partial charge < -0.3 is 4.90 Å². The number of amides is 1. The number of hydrogen-bond acceptors (Lipinski definition) is 2. The molecule has 1 heterocycles. The number of carbonyl (C=O) groups is 1. The minimum Gasteiger partial charge on any atom is -0.338 e. The van der Waals surface area contributed by atoms with Crippen LogP contribution in [-0.2, 0) is 11.3 Å². The molecule has 0 saturated heterocycles. The van der Waals surface area contributed by atoms with Crippen molar-refractivity contribution in [1.29, 1.82) is 0 Å². The lowest BCUT2D eigenvalue weighted by Gasteiger charge is -2.28. The van der Waals surface area contributed by atoms with E-state index in [2.05, 4.69) is 63.3 Å². The van der Waals surface area contributed by atoms with Gasteiger partial charge >= 0.3 is 0 Å². The molecule has 0 aromatic heterocycles. The predicted molar refractivity (Wildman–Crippen MR) is 106 cm³/mol. The zero-order valence-corrected chi connectivity index (χ0v) is 16.1. The molecule has 0 fully saturated rings. The minimum atomic E-state index is 0.197. The number of likely N-dealkylation sites (N-methyl/N-ethyl adjacent to an activating group) is 1. The number of benzene rings is 2. The second kappa shape index (κ2) is 8.45. The summed E-state index contributed by atoms with van der Waals surface area (Å²) in [4.78, 5) is 16.6. The maximum absolute atomic E-state index is 12.5. The normalized spacial score (nSPS) is 14.5. The van der Waals surface area contributed by atoms with E-state index < -0.39 is 0 Å². The van der Waals surface area contributed by atoms with E-state index in [0.29, 0.717) is 13.1 Å². The van der Waals surface area contributed by atoms with E-state index in [9.17, 15) is 4.79 Å². The molecule has 3 nitrogen and oxygen atoms in total. The Bertz CT molecular complexity index is 740. The average molecular weight is 399 g/mol. The number of nitrogens with zero attached hydrogens (tertiary/aromatic N) is 2. The molecule has 130 valence electrons. The zero-order valence-electron chi connectivity index (χ0n) is 14.5. The lowest BCUT2D eigenvalue weighted by Crippen LogP contribution is -2.40. The van der Waals surface area contributed by atoms with Crippen LogP contribution in [0, 0.1) is 0 Å². The molecule has 25 heavy (non-hydrogen) atoms. The molecule has 0 aliphatic carbocycles. The van der Waals surface area contributed by atoms with E-state index in [-0.39, 0.29) is 5.91 Å². The van der Waals surface area contributed by atoms with Gasteiger partial charge in [0.25, 0.3) is 0 Å². The van der Waals surface area contributed by atoms with Crippen molar-refractivity contribution >= 4 is 27.4 Å². The zero-order chi connectivity index (χ0) is 17.6. The van der Waals surface area contributed by atoms with Crippen LogP contribution in [0.25, 0.3) is 5.57 Å². The van der Waals surface area contributed by atoms with Gasteiger partial charge in [0.2, 0.25) is 5.91 Å². The Morgan fingerprint density at radius 1 is 1.12 bits per heavy atom. The molecule has 3 rings (SSSR count). The van der Waals surface area contributed by atoms with Gasteiger partial charge in [-0.3, -0.25) is 9.69 Å². The van der Waals surface area contributed by atoms with Gasteiger partial charge in [0.15, 0.2) is 0 Å².